The molecule has 0 N–H and O–H groups in total. The predicted octanol–water partition coefficient (Wildman–Crippen LogP) is 4.54. The molecule has 3 rings (SSSR count). The normalized spacial score (nSPS) is 15.5. The fraction of sp³-hybridized carbons (Fsp3) is 0.294. The van der Waals surface area contributed by atoms with Crippen LogP contribution in [0.15, 0.2) is 54.6 Å². The second-order valence-electron chi connectivity index (χ2n) is 5.03. The Bertz CT molecular complexity index is 463. The zero-order valence-electron chi connectivity index (χ0n) is 10.1. The van der Waals surface area contributed by atoms with Crippen molar-refractivity contribution in [2.24, 2.45) is 0 Å². The summed E-state index contributed by atoms with van der Waals surface area (Å²) in [5.41, 5.74) is 4.34. The molecule has 0 atom stereocenters. The van der Waals surface area contributed by atoms with Crippen LogP contribution in [0.2, 0.25) is 0 Å². The summed E-state index contributed by atoms with van der Waals surface area (Å²) in [5, 5.41) is 0. The van der Waals surface area contributed by atoms with Crippen LogP contribution in [0.1, 0.15) is 41.9 Å². The number of hydrogen-bond acceptors (Lipinski definition) is 0. The molecule has 0 aliphatic heterocycles. The first kappa shape index (κ1) is 10.6. The maximum absolute atomic E-state index is 2.32. The lowest BCUT2D eigenvalue weighted by Gasteiger charge is -2.25. The van der Waals surface area contributed by atoms with Crippen molar-refractivity contribution in [3.05, 3.63) is 71.3 Å². The molecule has 0 spiro atoms. The zero-order chi connectivity index (χ0) is 11.5. The van der Waals surface area contributed by atoms with Gasteiger partial charge in [-0.3, -0.25) is 0 Å². The second kappa shape index (κ2) is 4.75. The van der Waals surface area contributed by atoms with E-state index in [1.54, 1.807) is 0 Å². The van der Waals surface area contributed by atoms with Gasteiger partial charge in [-0.05, 0) is 41.9 Å². The number of rotatable bonds is 3. The molecular formula is C17H18. The smallest absolute Gasteiger partial charge is 0.00258 e. The molecule has 0 nitrogen and oxygen atoms in total. The van der Waals surface area contributed by atoms with Crippen LogP contribution in [0, 0.1) is 0 Å². The zero-order valence-corrected chi connectivity index (χ0v) is 10.1. The number of benzene rings is 2. The van der Waals surface area contributed by atoms with Crippen molar-refractivity contribution in [3.63, 3.8) is 0 Å². The average molecular weight is 222 g/mol. The Hall–Kier alpha value is -1.56. The summed E-state index contributed by atoms with van der Waals surface area (Å²) in [6, 6.07) is 19.9. The van der Waals surface area contributed by atoms with Gasteiger partial charge in [0.1, 0.15) is 0 Å². The summed E-state index contributed by atoms with van der Waals surface area (Å²) in [4.78, 5) is 0. The predicted molar refractivity (Wildman–Crippen MR) is 72.3 cm³/mol. The van der Waals surface area contributed by atoms with Crippen molar-refractivity contribution in [2.45, 2.75) is 31.6 Å². The fourth-order valence-corrected chi connectivity index (χ4v) is 2.48. The van der Waals surface area contributed by atoms with E-state index in [0.717, 1.165) is 12.3 Å². The first-order chi connectivity index (χ1) is 8.42. The van der Waals surface area contributed by atoms with Crippen LogP contribution in [0.3, 0.4) is 0 Å². The summed E-state index contributed by atoms with van der Waals surface area (Å²) < 4.78 is 0. The van der Waals surface area contributed by atoms with Gasteiger partial charge in [-0.25, -0.2) is 0 Å². The van der Waals surface area contributed by atoms with Gasteiger partial charge in [0.15, 0.2) is 0 Å². The van der Waals surface area contributed by atoms with Crippen molar-refractivity contribution >= 4 is 0 Å². The summed E-state index contributed by atoms with van der Waals surface area (Å²) in [7, 11) is 0. The van der Waals surface area contributed by atoms with E-state index in [0.29, 0.717) is 0 Å². The molecule has 2 aromatic carbocycles. The molecule has 0 saturated heterocycles. The third-order valence-corrected chi connectivity index (χ3v) is 3.81. The van der Waals surface area contributed by atoms with Crippen molar-refractivity contribution in [1.29, 1.82) is 0 Å². The molecule has 17 heavy (non-hydrogen) atoms. The van der Waals surface area contributed by atoms with Crippen LogP contribution in [0.25, 0.3) is 0 Å². The lowest BCUT2D eigenvalue weighted by Crippen LogP contribution is -2.08. The molecule has 0 radical (unpaired) electrons. The maximum Gasteiger partial charge on any atom is -0.00258 e. The lowest BCUT2D eigenvalue weighted by atomic mass is 9.80. The van der Waals surface area contributed by atoms with Crippen LogP contribution in [-0.2, 0) is 6.42 Å². The molecular weight excluding hydrogens is 204 g/mol. The van der Waals surface area contributed by atoms with Crippen molar-refractivity contribution < 1.29 is 0 Å². The Balaban J connectivity index is 1.72. The highest BCUT2D eigenvalue weighted by Gasteiger charge is 2.18. The third-order valence-electron chi connectivity index (χ3n) is 3.81. The van der Waals surface area contributed by atoms with E-state index in [9.17, 15) is 0 Å². The van der Waals surface area contributed by atoms with E-state index in [-0.39, 0.29) is 0 Å². The van der Waals surface area contributed by atoms with Gasteiger partial charge in [0, 0.05) is 0 Å². The standard InChI is InChI=1S/C17H18/c1-2-5-14(6-3-1)13-15-9-11-17(12-10-15)16-7-4-8-16/h1-3,5-6,9-12,16H,4,7-8,13H2. The first-order valence-electron chi connectivity index (χ1n) is 6.54. The lowest BCUT2D eigenvalue weighted by molar-refractivity contribution is 0.419. The highest BCUT2D eigenvalue weighted by atomic mass is 14.2. The van der Waals surface area contributed by atoms with E-state index in [1.165, 1.54) is 36.0 Å². The van der Waals surface area contributed by atoms with Gasteiger partial charge in [-0.1, -0.05) is 61.0 Å². The second-order valence-corrected chi connectivity index (χ2v) is 5.03. The molecule has 1 aliphatic carbocycles. The van der Waals surface area contributed by atoms with Gasteiger partial charge in [0.25, 0.3) is 0 Å². The minimum Gasteiger partial charge on any atom is -0.0622 e. The minimum atomic E-state index is 0.848. The Kier molecular flexibility index (Phi) is 2.96. The van der Waals surface area contributed by atoms with Crippen LogP contribution in [0.5, 0.6) is 0 Å². The molecule has 0 heteroatoms. The van der Waals surface area contributed by atoms with Crippen LogP contribution >= 0.6 is 0 Å². The molecule has 1 aliphatic rings. The SMILES string of the molecule is c1ccc(Cc2ccc(C3CCC3)cc2)cc1. The molecule has 0 unspecified atom stereocenters. The van der Waals surface area contributed by atoms with Crippen LogP contribution in [-0.4, -0.2) is 0 Å². The molecule has 2 aromatic rings. The van der Waals surface area contributed by atoms with E-state index in [1.807, 2.05) is 0 Å². The van der Waals surface area contributed by atoms with E-state index < -0.39 is 0 Å². The Labute approximate surface area is 103 Å². The Morgan fingerprint density at radius 2 is 1.41 bits per heavy atom. The monoisotopic (exact) mass is 222 g/mol. The molecule has 0 amide bonds. The van der Waals surface area contributed by atoms with Crippen molar-refractivity contribution in [3.8, 4) is 0 Å². The molecule has 0 bridgehead atoms. The van der Waals surface area contributed by atoms with Gasteiger partial charge >= 0.3 is 0 Å². The van der Waals surface area contributed by atoms with Crippen molar-refractivity contribution in [2.75, 3.05) is 0 Å². The van der Waals surface area contributed by atoms with Crippen LogP contribution in [0.4, 0.5) is 0 Å². The van der Waals surface area contributed by atoms with E-state index >= 15 is 0 Å². The summed E-state index contributed by atoms with van der Waals surface area (Å²) in [5.74, 6) is 0.848. The molecule has 0 aromatic heterocycles. The van der Waals surface area contributed by atoms with Crippen LogP contribution < -0.4 is 0 Å². The molecule has 0 heterocycles. The van der Waals surface area contributed by atoms with Gasteiger partial charge in [0.05, 0.1) is 0 Å². The summed E-state index contributed by atoms with van der Waals surface area (Å²) in [6.07, 6.45) is 5.23. The van der Waals surface area contributed by atoms with Gasteiger partial charge in [-0.15, -0.1) is 0 Å². The van der Waals surface area contributed by atoms with Gasteiger partial charge in [0.2, 0.25) is 0 Å². The van der Waals surface area contributed by atoms with Gasteiger partial charge < -0.3 is 0 Å². The van der Waals surface area contributed by atoms with E-state index in [2.05, 4.69) is 54.6 Å². The molecule has 1 saturated carbocycles. The quantitative estimate of drug-likeness (QED) is 0.715. The topological polar surface area (TPSA) is 0 Å². The largest absolute Gasteiger partial charge is 0.0622 e. The maximum atomic E-state index is 2.32. The molecule has 86 valence electrons. The minimum absolute atomic E-state index is 0.848. The van der Waals surface area contributed by atoms with Crippen molar-refractivity contribution in [1.82, 2.24) is 0 Å². The summed E-state index contributed by atoms with van der Waals surface area (Å²) in [6.45, 7) is 0. The Morgan fingerprint density at radius 3 is 2.00 bits per heavy atom. The van der Waals surface area contributed by atoms with Gasteiger partial charge in [-0.2, -0.15) is 0 Å². The fourth-order valence-electron chi connectivity index (χ4n) is 2.48. The highest BCUT2D eigenvalue weighted by Crippen LogP contribution is 2.36. The highest BCUT2D eigenvalue weighted by molar-refractivity contribution is 5.30. The summed E-state index contributed by atoms with van der Waals surface area (Å²) >= 11 is 0. The molecule has 1 fully saturated rings. The number of hydrogen-bond donors (Lipinski definition) is 0. The average Bonchev–Trinajstić information content (AvgIpc) is 2.31. The first-order valence-corrected chi connectivity index (χ1v) is 6.54. The Morgan fingerprint density at radius 1 is 0.765 bits per heavy atom. The van der Waals surface area contributed by atoms with E-state index in [4.69, 9.17) is 0 Å². The third kappa shape index (κ3) is 2.41.